The number of carbonyl (C=O) groups excluding carboxylic acids is 5. The van der Waals surface area contributed by atoms with Gasteiger partial charge >= 0.3 is 17.9 Å². The molecule has 2 aromatic rings. The Bertz CT molecular complexity index is 2010. The second-order valence-corrected chi connectivity index (χ2v) is 18.0. The number of Topliss-reactive ketones (excluding diaryl/α,β-unsaturated/α-hetero) is 1. The molecule has 2 heterocycles. The lowest BCUT2D eigenvalue weighted by atomic mass is 9.93. The first-order valence-corrected chi connectivity index (χ1v) is 23.4. The van der Waals surface area contributed by atoms with Gasteiger partial charge in [-0.3, -0.25) is 28.8 Å². The van der Waals surface area contributed by atoms with Crippen LogP contribution in [-0.2, 0) is 46.3 Å². The van der Waals surface area contributed by atoms with Gasteiger partial charge in [-0.15, -0.1) is 0 Å². The van der Waals surface area contributed by atoms with E-state index in [0.717, 1.165) is 32.8 Å². The number of nitrogens with zero attached hydrogens (tertiary/aromatic N) is 3. The van der Waals surface area contributed by atoms with Gasteiger partial charge in [0.2, 0.25) is 17.7 Å². The van der Waals surface area contributed by atoms with E-state index < -0.39 is 110 Å². The Hall–Kier alpha value is -5.28. The number of fused-ring (bicyclic) bond motifs is 1. The number of aromatic nitrogens is 2. The van der Waals surface area contributed by atoms with Crippen molar-refractivity contribution in [2.45, 2.75) is 95.4 Å². The van der Waals surface area contributed by atoms with Gasteiger partial charge in [0.05, 0.1) is 30.5 Å². The van der Waals surface area contributed by atoms with Crippen LogP contribution in [0, 0.1) is 11.8 Å². The zero-order valence-corrected chi connectivity index (χ0v) is 38.0. The fraction of sp³-hybridized carbons (Fsp3) is 0.561. The van der Waals surface area contributed by atoms with Gasteiger partial charge in [-0.2, -0.15) is 0 Å². The highest BCUT2D eigenvalue weighted by Gasteiger charge is 2.31. The number of ketones is 1. The number of carbonyl (C=O) groups is 7. The number of rotatable bonds is 30. The summed E-state index contributed by atoms with van der Waals surface area (Å²) >= 11 is 0. The molecule has 8 atom stereocenters. The molecule has 0 aliphatic carbocycles. The molecule has 0 radical (unpaired) electrons. The number of amides is 3. The number of amidine groups is 1. The molecule has 0 spiro atoms. The monoisotopic (exact) mass is 966 g/mol. The molecular formula is C41H58N8O15S2. The lowest BCUT2D eigenvalue weighted by Crippen LogP contribution is -2.49. The average Bonchev–Trinajstić information content (AvgIpc) is 3.29. The minimum Gasteiger partial charge on any atom is -0.481 e. The van der Waals surface area contributed by atoms with Crippen molar-refractivity contribution in [3.05, 3.63) is 53.0 Å². The Balaban J connectivity index is 1.28. The van der Waals surface area contributed by atoms with Crippen LogP contribution >= 0.6 is 21.6 Å². The molecule has 3 rings (SSSR count). The number of aliphatic carboxylic acids is 2. The number of anilines is 1. The van der Waals surface area contributed by atoms with Crippen molar-refractivity contribution in [3.63, 3.8) is 0 Å². The number of nitrogens with one attached hydrogen (secondary N) is 4. The summed E-state index contributed by atoms with van der Waals surface area (Å²) in [5, 5.41) is 77.0. The lowest BCUT2D eigenvalue weighted by Gasteiger charge is -2.25. The van der Waals surface area contributed by atoms with E-state index in [-0.39, 0.29) is 50.2 Å². The van der Waals surface area contributed by atoms with Crippen LogP contribution in [0.15, 0.2) is 35.5 Å². The van der Waals surface area contributed by atoms with Crippen molar-refractivity contribution in [2.24, 2.45) is 22.6 Å². The molecule has 3 amide bonds. The van der Waals surface area contributed by atoms with Crippen LogP contribution in [0.25, 0.3) is 0 Å². The molecule has 0 saturated heterocycles. The van der Waals surface area contributed by atoms with Crippen molar-refractivity contribution < 1.29 is 74.0 Å². The second kappa shape index (κ2) is 28.0. The fourth-order valence-corrected chi connectivity index (χ4v) is 8.04. The van der Waals surface area contributed by atoms with Crippen molar-refractivity contribution in [3.8, 4) is 0 Å². The first-order valence-electron chi connectivity index (χ1n) is 20.9. The zero-order valence-electron chi connectivity index (χ0n) is 36.3. The van der Waals surface area contributed by atoms with Gasteiger partial charge in [0, 0.05) is 48.8 Å². The summed E-state index contributed by atoms with van der Waals surface area (Å²) in [6.07, 6.45) is -5.83. The highest BCUT2D eigenvalue weighted by molar-refractivity contribution is 8.76. The third-order valence-electron chi connectivity index (χ3n) is 10.1. The predicted molar refractivity (Wildman–Crippen MR) is 240 cm³/mol. The summed E-state index contributed by atoms with van der Waals surface area (Å²) in [5.74, 6) is -6.14. The summed E-state index contributed by atoms with van der Waals surface area (Å²) in [6.45, 7) is 1.33. The number of carboxylic acid groups (broad SMARTS) is 2. The topological polar surface area (TPSA) is 383 Å². The number of benzene rings is 1. The number of nitrogens with two attached hydrogens (primary N) is 1. The van der Waals surface area contributed by atoms with E-state index in [9.17, 15) is 64.2 Å². The minimum absolute atomic E-state index is 0.00471. The Morgan fingerprint density at radius 3 is 2.23 bits per heavy atom. The van der Waals surface area contributed by atoms with Gasteiger partial charge in [0.15, 0.2) is 11.6 Å². The normalized spacial score (nSPS) is 16.4. The Morgan fingerprint density at radius 1 is 0.894 bits per heavy atom. The number of carboxylic acids is 2. The number of esters is 1. The van der Waals surface area contributed by atoms with Crippen molar-refractivity contribution in [2.75, 3.05) is 43.1 Å². The van der Waals surface area contributed by atoms with Gasteiger partial charge in [-0.05, 0) is 38.2 Å². The standard InChI is InChI=1S/C41H58N8O15S2/c1-21(3-11-31(54)43-17-29(52)35(57)36(58)30(53)19-50)39(59)49-27(41(62)63)20-66-65-14-13-64-33(56)18-44-32(55)12-9-25(40(60)61)15-28(51)24-7-4-23(5-8-24)6-10-26-16-45-38-34(48-26)37(42)46-22(2)47-38/h4-5,7-8,16,21,25,27,29-30,35-37,50,52-53,57-58H,3,6,9-15,17-20,42H2,1-2H3,(H,43,54)(H,44,55)(H,49,59)(H,60,61)(H,62,63)(H,45,46,47)/t21-,25+,27-,29-,30+,35+,36+,37?/m0/s1. The molecule has 364 valence electrons. The number of ether oxygens (including phenoxy) is 1. The third kappa shape index (κ3) is 18.9. The molecule has 66 heavy (non-hydrogen) atoms. The first kappa shape index (κ1) is 55.1. The van der Waals surface area contributed by atoms with E-state index >= 15 is 0 Å². The molecule has 25 heteroatoms. The smallest absolute Gasteiger partial charge is 0.327 e. The van der Waals surface area contributed by atoms with Gasteiger partial charge in [0.1, 0.15) is 55.2 Å². The number of hydrogen-bond donors (Lipinski definition) is 12. The van der Waals surface area contributed by atoms with Gasteiger partial charge in [-0.25, -0.2) is 19.8 Å². The molecule has 0 saturated carbocycles. The molecule has 1 aromatic heterocycles. The van der Waals surface area contributed by atoms with Crippen molar-refractivity contribution >= 4 is 74.7 Å². The van der Waals surface area contributed by atoms with Crippen LogP contribution in [-0.4, -0.2) is 161 Å². The highest BCUT2D eigenvalue weighted by Crippen LogP contribution is 2.24. The van der Waals surface area contributed by atoms with Gasteiger partial charge < -0.3 is 67.5 Å². The summed E-state index contributed by atoms with van der Waals surface area (Å²) in [6, 6.07) is 5.49. The van der Waals surface area contributed by atoms with Crippen molar-refractivity contribution in [1.29, 1.82) is 0 Å². The average molecular weight is 967 g/mol. The maximum atomic E-state index is 13.0. The third-order valence-corrected chi connectivity index (χ3v) is 12.5. The molecule has 1 unspecified atom stereocenters. The number of aliphatic imine (C=N–C) groups is 1. The molecular weight excluding hydrogens is 909 g/mol. The predicted octanol–water partition coefficient (Wildman–Crippen LogP) is -1.30. The zero-order chi connectivity index (χ0) is 48.9. The molecule has 1 aliphatic rings. The van der Waals surface area contributed by atoms with Crippen LogP contribution in [0.4, 0.5) is 5.82 Å². The van der Waals surface area contributed by atoms with E-state index in [2.05, 4.69) is 36.2 Å². The number of hydrogen-bond acceptors (Lipinski definition) is 20. The Labute approximate surface area is 387 Å². The second-order valence-electron chi connectivity index (χ2n) is 15.3. The van der Waals surface area contributed by atoms with E-state index in [1.807, 2.05) is 0 Å². The lowest BCUT2D eigenvalue weighted by molar-refractivity contribution is -0.144. The molecule has 13 N–H and O–H groups in total. The maximum absolute atomic E-state index is 13.0. The van der Waals surface area contributed by atoms with Crippen LogP contribution in [0.1, 0.15) is 79.4 Å². The summed E-state index contributed by atoms with van der Waals surface area (Å²) in [7, 11) is 2.25. The number of aryl methyl sites for hydroxylation is 2. The van der Waals surface area contributed by atoms with E-state index in [0.29, 0.717) is 35.8 Å². The van der Waals surface area contributed by atoms with Crippen LogP contribution in [0.5, 0.6) is 0 Å². The van der Waals surface area contributed by atoms with Crippen molar-refractivity contribution in [1.82, 2.24) is 25.9 Å². The van der Waals surface area contributed by atoms with Crippen LogP contribution in [0.3, 0.4) is 0 Å². The first-order chi connectivity index (χ1) is 31.3. The fourth-order valence-electron chi connectivity index (χ4n) is 6.06. The van der Waals surface area contributed by atoms with E-state index in [1.165, 1.54) is 6.92 Å². The SMILES string of the molecule is CC1=NC(N)c2nc(CCc3ccc(C(=O)C[C@@H](CCC(=O)NCC(=O)OCCSSC[C@H](NC(=O)[C@@H](C)CCC(=O)NC[C@H](O)[C@@H](O)[C@H](O)[C@H](O)CO)C(=O)O)C(=O)O)cc3)cnc2N1. The minimum atomic E-state index is -1.86. The summed E-state index contributed by atoms with van der Waals surface area (Å²) in [4.78, 5) is 99.2. The van der Waals surface area contributed by atoms with Crippen LogP contribution in [0.2, 0.25) is 0 Å². The summed E-state index contributed by atoms with van der Waals surface area (Å²) < 4.78 is 5.08. The number of aliphatic hydroxyl groups is 5. The number of aliphatic hydroxyl groups excluding tert-OH is 5. The maximum Gasteiger partial charge on any atom is 0.327 e. The summed E-state index contributed by atoms with van der Waals surface area (Å²) in [5.41, 5.74) is 8.59. The highest BCUT2D eigenvalue weighted by atomic mass is 33.1. The van der Waals surface area contributed by atoms with Gasteiger partial charge in [-0.1, -0.05) is 52.8 Å². The molecule has 0 bridgehead atoms. The van der Waals surface area contributed by atoms with Crippen LogP contribution < -0.4 is 27.0 Å². The molecule has 1 aliphatic heterocycles. The van der Waals surface area contributed by atoms with Gasteiger partial charge in [0.25, 0.3) is 0 Å². The largest absolute Gasteiger partial charge is 0.481 e. The molecule has 23 nitrogen and oxygen atoms in total. The molecule has 0 fully saturated rings. The van der Waals surface area contributed by atoms with E-state index in [1.54, 1.807) is 37.4 Å². The van der Waals surface area contributed by atoms with E-state index in [4.69, 9.17) is 15.6 Å². The Kier molecular flexibility index (Phi) is 23.4. The molecule has 1 aromatic carbocycles. The quantitative estimate of drug-likeness (QED) is 0.0187. The Morgan fingerprint density at radius 2 is 1.56 bits per heavy atom.